The number of likely N-dealkylation sites (tertiary alicyclic amines) is 1. The summed E-state index contributed by atoms with van der Waals surface area (Å²) in [6.07, 6.45) is 7.22. The number of benzene rings is 2. The highest BCUT2D eigenvalue weighted by molar-refractivity contribution is 7.88. The van der Waals surface area contributed by atoms with E-state index >= 15 is 0 Å². The van der Waals surface area contributed by atoms with Crippen molar-refractivity contribution in [2.75, 3.05) is 32.4 Å². The Morgan fingerprint density at radius 1 is 1.20 bits per heavy atom. The van der Waals surface area contributed by atoms with Gasteiger partial charge in [0.2, 0.25) is 10.0 Å². The minimum Gasteiger partial charge on any atom is -0.478 e. The van der Waals surface area contributed by atoms with Crippen LogP contribution in [0.4, 0.5) is 4.39 Å². The average molecular weight is 645 g/mol. The molecule has 6 rings (SSSR count). The lowest BCUT2D eigenvalue weighted by molar-refractivity contribution is -0.131. The van der Waals surface area contributed by atoms with Crippen molar-refractivity contribution in [3.05, 3.63) is 82.2 Å². The quantitative estimate of drug-likeness (QED) is 0.334. The first-order chi connectivity index (χ1) is 20.9. The number of piperidine rings is 1. The number of ether oxygens (including phenoxy) is 2. The molecule has 3 aliphatic rings. The summed E-state index contributed by atoms with van der Waals surface area (Å²) in [5.41, 5.74) is 1.98. The minimum atomic E-state index is -3.23. The second kappa shape index (κ2) is 11.8. The fraction of sp³-hybridized carbons (Fsp3) is 0.419. The van der Waals surface area contributed by atoms with Gasteiger partial charge in [0, 0.05) is 49.1 Å². The van der Waals surface area contributed by atoms with Crippen LogP contribution in [0.15, 0.2) is 48.7 Å². The standard InChI is InChI=1S/C31H34ClFN4O6S/c1-31(25-8-6-22(32)14-26(25)33)42-27-5-3-4-24(30(27)43-31)21-10-12-35(13-11-21)19-28-34-15-23(7-9-29(38)39)37(28)18-20-16-36(17-20)44(2,40)41/h3-9,14-15,20-21H,10-13,16-19H2,1-2H3,(H,38,39)/b9-7+. The van der Waals surface area contributed by atoms with Crippen molar-refractivity contribution in [3.8, 4) is 11.5 Å². The first kappa shape index (κ1) is 30.6. The Hall–Kier alpha value is -3.45. The molecule has 13 heteroatoms. The van der Waals surface area contributed by atoms with Crippen LogP contribution < -0.4 is 9.47 Å². The van der Waals surface area contributed by atoms with E-state index in [1.807, 2.05) is 22.8 Å². The summed E-state index contributed by atoms with van der Waals surface area (Å²) >= 11 is 5.96. The molecular weight excluding hydrogens is 611 g/mol. The summed E-state index contributed by atoms with van der Waals surface area (Å²) in [7, 11) is -3.23. The van der Waals surface area contributed by atoms with Crippen molar-refractivity contribution in [2.45, 2.75) is 44.6 Å². The number of imidazole rings is 1. The molecule has 0 aliphatic carbocycles. The highest BCUT2D eigenvalue weighted by Gasteiger charge is 2.43. The molecule has 10 nitrogen and oxygen atoms in total. The first-order valence-corrected chi connectivity index (χ1v) is 16.7. The highest BCUT2D eigenvalue weighted by Crippen LogP contribution is 2.49. The van der Waals surface area contributed by atoms with Crippen molar-refractivity contribution in [2.24, 2.45) is 5.92 Å². The zero-order chi connectivity index (χ0) is 31.2. The van der Waals surface area contributed by atoms with Crippen molar-refractivity contribution in [3.63, 3.8) is 0 Å². The van der Waals surface area contributed by atoms with Crippen LogP contribution in [0.25, 0.3) is 6.08 Å². The van der Waals surface area contributed by atoms with E-state index in [1.54, 1.807) is 25.3 Å². The van der Waals surface area contributed by atoms with Crippen LogP contribution in [0.3, 0.4) is 0 Å². The summed E-state index contributed by atoms with van der Waals surface area (Å²) in [4.78, 5) is 18.1. The Labute approximate surface area is 260 Å². The lowest BCUT2D eigenvalue weighted by atomic mass is 9.88. The number of para-hydroxylation sites is 1. The van der Waals surface area contributed by atoms with Gasteiger partial charge < -0.3 is 19.1 Å². The van der Waals surface area contributed by atoms with E-state index in [0.717, 1.165) is 43.4 Å². The van der Waals surface area contributed by atoms with E-state index in [9.17, 15) is 17.6 Å². The molecule has 1 aromatic heterocycles. The van der Waals surface area contributed by atoms with Gasteiger partial charge in [-0.05, 0) is 62.2 Å². The summed E-state index contributed by atoms with van der Waals surface area (Å²) < 4.78 is 54.4. The zero-order valence-electron chi connectivity index (χ0n) is 24.4. The Bertz CT molecular complexity index is 1720. The SMILES string of the molecule is CC1(c2ccc(Cl)cc2F)Oc2cccc(C3CCN(Cc4ncc(/C=C/C(=O)O)n4CC4CN(S(C)(=O)=O)C4)CC3)c2O1. The van der Waals surface area contributed by atoms with Gasteiger partial charge in [0.15, 0.2) is 11.5 Å². The van der Waals surface area contributed by atoms with Gasteiger partial charge in [-0.25, -0.2) is 26.9 Å². The largest absolute Gasteiger partial charge is 0.478 e. The molecule has 234 valence electrons. The Kier molecular flexibility index (Phi) is 8.20. The molecule has 3 aliphatic heterocycles. The molecule has 2 fully saturated rings. The molecule has 2 saturated heterocycles. The highest BCUT2D eigenvalue weighted by atomic mass is 35.5. The van der Waals surface area contributed by atoms with E-state index in [2.05, 4.69) is 9.88 Å². The third-order valence-electron chi connectivity index (χ3n) is 8.62. The van der Waals surface area contributed by atoms with Gasteiger partial charge in [0.1, 0.15) is 11.6 Å². The number of carboxylic acid groups (broad SMARTS) is 1. The van der Waals surface area contributed by atoms with Crippen LogP contribution in [0, 0.1) is 11.7 Å². The number of carboxylic acids is 1. The fourth-order valence-corrected chi connectivity index (χ4v) is 7.38. The van der Waals surface area contributed by atoms with Crippen LogP contribution in [0.5, 0.6) is 11.5 Å². The third kappa shape index (κ3) is 6.21. The molecule has 1 N–H and O–H groups in total. The summed E-state index contributed by atoms with van der Waals surface area (Å²) in [6, 6.07) is 10.3. The molecule has 0 radical (unpaired) electrons. The number of hydrogen-bond acceptors (Lipinski definition) is 7. The van der Waals surface area contributed by atoms with Crippen LogP contribution in [0.2, 0.25) is 5.02 Å². The predicted octanol–water partition coefficient (Wildman–Crippen LogP) is 4.69. The number of halogens is 2. The van der Waals surface area contributed by atoms with Crippen LogP contribution in [0.1, 0.15) is 48.3 Å². The van der Waals surface area contributed by atoms with Gasteiger partial charge in [-0.3, -0.25) is 4.90 Å². The molecule has 3 aromatic rings. The molecule has 1 atom stereocenters. The monoisotopic (exact) mass is 644 g/mol. The van der Waals surface area contributed by atoms with Crippen molar-refractivity contribution in [1.82, 2.24) is 18.8 Å². The summed E-state index contributed by atoms with van der Waals surface area (Å²) in [5.74, 6) is -0.488. The van der Waals surface area contributed by atoms with E-state index in [4.69, 9.17) is 26.2 Å². The molecule has 44 heavy (non-hydrogen) atoms. The van der Waals surface area contributed by atoms with Gasteiger partial charge in [-0.2, -0.15) is 0 Å². The normalized spacial score (nSPS) is 21.6. The molecule has 2 aromatic carbocycles. The average Bonchev–Trinajstić information content (AvgIpc) is 3.48. The van der Waals surface area contributed by atoms with E-state index in [1.165, 1.54) is 22.7 Å². The fourth-order valence-electron chi connectivity index (χ4n) is 6.26. The number of aromatic nitrogens is 2. The Balaban J connectivity index is 1.13. The molecule has 4 heterocycles. The second-order valence-electron chi connectivity index (χ2n) is 11.8. The number of sulfonamides is 1. The molecule has 0 saturated carbocycles. The summed E-state index contributed by atoms with van der Waals surface area (Å²) in [6.45, 7) is 5.30. The number of fused-ring (bicyclic) bond motifs is 1. The van der Waals surface area contributed by atoms with Crippen molar-refractivity contribution < 1.29 is 32.2 Å². The van der Waals surface area contributed by atoms with Crippen LogP contribution in [-0.4, -0.2) is 70.7 Å². The maximum absolute atomic E-state index is 14.8. The number of nitrogens with zero attached hydrogens (tertiary/aromatic N) is 4. The molecule has 1 unspecified atom stereocenters. The lowest BCUT2D eigenvalue weighted by Gasteiger charge is -2.38. The van der Waals surface area contributed by atoms with Crippen molar-refractivity contribution >= 4 is 33.7 Å². The van der Waals surface area contributed by atoms with Crippen molar-refractivity contribution in [1.29, 1.82) is 0 Å². The van der Waals surface area contributed by atoms with Gasteiger partial charge >= 0.3 is 5.97 Å². The van der Waals surface area contributed by atoms with Gasteiger partial charge in [-0.15, -0.1) is 0 Å². The third-order valence-corrected chi connectivity index (χ3v) is 10.1. The van der Waals surface area contributed by atoms with E-state index < -0.39 is 27.6 Å². The number of aliphatic carboxylic acids is 1. The van der Waals surface area contributed by atoms with Gasteiger partial charge in [0.25, 0.3) is 5.79 Å². The molecule has 0 amide bonds. The van der Waals surface area contributed by atoms with Crippen LogP contribution >= 0.6 is 11.6 Å². The topological polar surface area (TPSA) is 114 Å². The van der Waals surface area contributed by atoms with Gasteiger partial charge in [-0.1, -0.05) is 23.7 Å². The predicted molar refractivity (Wildman–Crippen MR) is 163 cm³/mol. The van der Waals surface area contributed by atoms with E-state index in [0.29, 0.717) is 48.4 Å². The lowest BCUT2D eigenvalue weighted by Crippen LogP contribution is -2.51. The maximum atomic E-state index is 14.8. The number of rotatable bonds is 9. The number of hydrogen-bond donors (Lipinski definition) is 1. The first-order valence-electron chi connectivity index (χ1n) is 14.5. The molecule has 0 bridgehead atoms. The number of carbonyl (C=O) groups is 1. The molecule has 0 spiro atoms. The molecular formula is C31H34ClFN4O6S. The van der Waals surface area contributed by atoms with Crippen LogP contribution in [-0.2, 0) is 33.7 Å². The Morgan fingerprint density at radius 2 is 1.95 bits per heavy atom. The summed E-state index contributed by atoms with van der Waals surface area (Å²) in [5, 5.41) is 9.45. The zero-order valence-corrected chi connectivity index (χ0v) is 26.0. The maximum Gasteiger partial charge on any atom is 0.328 e. The second-order valence-corrected chi connectivity index (χ2v) is 14.2. The minimum absolute atomic E-state index is 0.120. The van der Waals surface area contributed by atoms with Gasteiger partial charge in [0.05, 0.1) is 30.3 Å². The smallest absolute Gasteiger partial charge is 0.328 e. The van der Waals surface area contributed by atoms with E-state index in [-0.39, 0.29) is 17.4 Å². The Morgan fingerprint density at radius 3 is 2.64 bits per heavy atom.